The Kier molecular flexibility index (Phi) is 4.72. The number of hydrogen-bond acceptors (Lipinski definition) is 5. The maximum atomic E-state index is 12.5. The maximum absolute atomic E-state index is 12.5. The van der Waals surface area contributed by atoms with E-state index in [-0.39, 0.29) is 42.5 Å². The fraction of sp³-hybridized carbons (Fsp3) is 0.500. The van der Waals surface area contributed by atoms with E-state index in [2.05, 4.69) is 22.4 Å². The van der Waals surface area contributed by atoms with Gasteiger partial charge in [0.05, 0.1) is 22.1 Å². The first kappa shape index (κ1) is 18.1. The van der Waals surface area contributed by atoms with Crippen molar-refractivity contribution in [1.82, 2.24) is 9.88 Å². The van der Waals surface area contributed by atoms with E-state index >= 15 is 0 Å². The first-order valence-electron chi connectivity index (χ1n) is 9.47. The number of nitrogens with one attached hydrogen (secondary N) is 1. The summed E-state index contributed by atoms with van der Waals surface area (Å²) in [5.74, 6) is -0.736. The lowest BCUT2D eigenvalue weighted by atomic mass is 9.81. The molecule has 1 N–H and O–H groups in total. The van der Waals surface area contributed by atoms with Crippen LogP contribution in [0.15, 0.2) is 12.1 Å². The van der Waals surface area contributed by atoms with Crippen LogP contribution < -0.4 is 5.32 Å². The van der Waals surface area contributed by atoms with Gasteiger partial charge in [-0.1, -0.05) is 30.2 Å². The molecule has 1 saturated heterocycles. The summed E-state index contributed by atoms with van der Waals surface area (Å²) in [5, 5.41) is 3.37. The summed E-state index contributed by atoms with van der Waals surface area (Å²) in [6.45, 7) is 4.19. The first-order chi connectivity index (χ1) is 12.9. The highest BCUT2D eigenvalue weighted by Crippen LogP contribution is 2.38. The third kappa shape index (κ3) is 3.36. The van der Waals surface area contributed by atoms with Crippen molar-refractivity contribution in [2.24, 2.45) is 11.8 Å². The fourth-order valence-electron chi connectivity index (χ4n) is 4.27. The van der Waals surface area contributed by atoms with Crippen molar-refractivity contribution in [3.05, 3.63) is 23.3 Å². The van der Waals surface area contributed by atoms with E-state index < -0.39 is 0 Å². The Bertz CT molecular complexity index is 912. The van der Waals surface area contributed by atoms with E-state index in [0.717, 1.165) is 47.0 Å². The van der Waals surface area contributed by atoms with Crippen LogP contribution in [0.4, 0.5) is 5.13 Å². The van der Waals surface area contributed by atoms with Crippen LogP contribution in [0.5, 0.6) is 0 Å². The van der Waals surface area contributed by atoms with Gasteiger partial charge < -0.3 is 5.32 Å². The lowest BCUT2D eigenvalue weighted by Crippen LogP contribution is -2.34. The van der Waals surface area contributed by atoms with Gasteiger partial charge in [-0.2, -0.15) is 0 Å². The number of aromatic nitrogens is 1. The molecule has 1 aromatic carbocycles. The van der Waals surface area contributed by atoms with Crippen molar-refractivity contribution in [1.29, 1.82) is 0 Å². The van der Waals surface area contributed by atoms with Crippen molar-refractivity contribution < 1.29 is 14.4 Å². The van der Waals surface area contributed by atoms with Crippen molar-refractivity contribution in [2.45, 2.75) is 46.0 Å². The van der Waals surface area contributed by atoms with Crippen LogP contribution in [-0.2, 0) is 14.4 Å². The second kappa shape index (κ2) is 7.03. The zero-order chi connectivity index (χ0) is 19.1. The van der Waals surface area contributed by atoms with Crippen LogP contribution in [0.2, 0.25) is 0 Å². The average Bonchev–Trinajstić information content (AvgIpc) is 3.13. The largest absolute Gasteiger partial charge is 0.302 e. The number of amides is 3. The third-order valence-corrected chi connectivity index (χ3v) is 6.49. The van der Waals surface area contributed by atoms with Gasteiger partial charge >= 0.3 is 0 Å². The van der Waals surface area contributed by atoms with E-state index in [0.29, 0.717) is 5.13 Å². The van der Waals surface area contributed by atoms with Crippen LogP contribution in [0.25, 0.3) is 10.2 Å². The number of carbonyl (C=O) groups excluding carboxylic acids is 3. The molecule has 2 aromatic rings. The number of thiazole rings is 1. The Morgan fingerprint density at radius 2 is 1.85 bits per heavy atom. The van der Waals surface area contributed by atoms with Gasteiger partial charge in [0.2, 0.25) is 17.7 Å². The molecule has 2 fully saturated rings. The minimum absolute atomic E-state index is 0.0939. The van der Waals surface area contributed by atoms with Gasteiger partial charge in [-0.3, -0.25) is 19.3 Å². The molecule has 0 bridgehead atoms. The van der Waals surface area contributed by atoms with Gasteiger partial charge in [0, 0.05) is 13.0 Å². The van der Waals surface area contributed by atoms with Crippen LogP contribution in [0.3, 0.4) is 0 Å². The van der Waals surface area contributed by atoms with Crippen molar-refractivity contribution >= 4 is 44.4 Å². The van der Waals surface area contributed by atoms with Crippen molar-refractivity contribution in [3.63, 3.8) is 0 Å². The van der Waals surface area contributed by atoms with E-state index in [1.54, 1.807) is 0 Å². The summed E-state index contributed by atoms with van der Waals surface area (Å²) < 4.78 is 1.04. The molecule has 1 aliphatic heterocycles. The average molecular weight is 385 g/mol. The zero-order valence-corrected chi connectivity index (χ0v) is 16.4. The van der Waals surface area contributed by atoms with Gasteiger partial charge in [0.1, 0.15) is 0 Å². The molecular formula is C20H23N3O3S. The predicted molar refractivity (Wildman–Crippen MR) is 105 cm³/mol. The van der Waals surface area contributed by atoms with Crippen molar-refractivity contribution in [2.75, 3.05) is 11.9 Å². The van der Waals surface area contributed by atoms with E-state index in [1.807, 2.05) is 13.8 Å². The molecule has 1 saturated carbocycles. The number of imide groups is 1. The third-order valence-electron chi connectivity index (χ3n) is 5.57. The van der Waals surface area contributed by atoms with Crippen LogP contribution in [-0.4, -0.2) is 34.2 Å². The number of anilines is 1. The minimum atomic E-state index is -0.223. The topological polar surface area (TPSA) is 79.4 Å². The quantitative estimate of drug-likeness (QED) is 0.818. The van der Waals surface area contributed by atoms with Crippen molar-refractivity contribution in [3.8, 4) is 0 Å². The monoisotopic (exact) mass is 385 g/mol. The molecule has 2 aliphatic rings. The summed E-state index contributed by atoms with van der Waals surface area (Å²) >= 11 is 1.44. The Hall–Kier alpha value is -2.28. The normalized spacial score (nSPS) is 22.4. The summed E-state index contributed by atoms with van der Waals surface area (Å²) in [4.78, 5) is 43.1. The first-order valence-corrected chi connectivity index (χ1v) is 10.3. The Balaban J connectivity index is 1.39. The van der Waals surface area contributed by atoms with Gasteiger partial charge in [-0.25, -0.2) is 4.98 Å². The molecule has 142 valence electrons. The lowest BCUT2D eigenvalue weighted by Gasteiger charge is -2.19. The van der Waals surface area contributed by atoms with Crippen LogP contribution >= 0.6 is 11.3 Å². The molecular weight excluding hydrogens is 362 g/mol. The minimum Gasteiger partial charge on any atom is -0.302 e. The molecule has 7 heteroatoms. The molecule has 0 radical (unpaired) electrons. The summed E-state index contributed by atoms with van der Waals surface area (Å²) in [5.41, 5.74) is 3.14. The Morgan fingerprint density at radius 3 is 2.52 bits per heavy atom. The number of nitrogens with zero attached hydrogens (tertiary/aromatic N) is 2. The van der Waals surface area contributed by atoms with Gasteiger partial charge in [0.25, 0.3) is 0 Å². The Morgan fingerprint density at radius 1 is 1.19 bits per heavy atom. The number of hydrogen-bond donors (Lipinski definition) is 1. The second-order valence-electron chi connectivity index (χ2n) is 7.57. The molecule has 27 heavy (non-hydrogen) atoms. The number of likely N-dealkylation sites (tertiary alicyclic amines) is 1. The highest BCUT2D eigenvalue weighted by atomic mass is 32.1. The van der Waals surface area contributed by atoms with Gasteiger partial charge in [-0.05, 0) is 43.9 Å². The molecule has 0 unspecified atom stereocenters. The molecule has 3 amide bonds. The number of aryl methyl sites for hydroxylation is 2. The SMILES string of the molecule is Cc1cc(C)c2nc(NC(=O)CCN3C(=O)[C@@H]4CCCC[C@H]4C3=O)sc2c1. The fourth-order valence-corrected chi connectivity index (χ4v) is 5.33. The molecule has 1 aliphatic carbocycles. The Labute approximate surface area is 161 Å². The van der Waals surface area contributed by atoms with E-state index in [9.17, 15) is 14.4 Å². The molecule has 0 spiro atoms. The summed E-state index contributed by atoms with van der Waals surface area (Å²) in [6, 6.07) is 4.12. The molecule has 4 rings (SSSR count). The standard InChI is InChI=1S/C20H23N3O3S/c1-11-9-12(2)17-15(10-11)27-20(22-17)21-16(24)7-8-23-18(25)13-5-3-4-6-14(13)19(23)26/h9-10,13-14H,3-8H2,1-2H3,(H,21,22,24)/t13-,14-/m1/s1. The summed E-state index contributed by atoms with van der Waals surface area (Å²) in [7, 11) is 0. The second-order valence-corrected chi connectivity index (χ2v) is 8.60. The summed E-state index contributed by atoms with van der Waals surface area (Å²) in [6.07, 6.45) is 3.70. The highest BCUT2D eigenvalue weighted by Gasteiger charge is 2.47. The smallest absolute Gasteiger partial charge is 0.233 e. The lowest BCUT2D eigenvalue weighted by molar-refractivity contribution is -0.140. The molecule has 1 aromatic heterocycles. The zero-order valence-electron chi connectivity index (χ0n) is 15.6. The van der Waals surface area contributed by atoms with Crippen LogP contribution in [0, 0.1) is 25.7 Å². The van der Waals surface area contributed by atoms with E-state index in [4.69, 9.17) is 0 Å². The number of benzene rings is 1. The molecule has 2 atom stereocenters. The van der Waals surface area contributed by atoms with Gasteiger partial charge in [0.15, 0.2) is 5.13 Å². The molecule has 2 heterocycles. The van der Waals surface area contributed by atoms with E-state index in [1.165, 1.54) is 16.2 Å². The predicted octanol–water partition coefficient (Wildman–Crippen LogP) is 3.42. The molecule has 6 nitrogen and oxygen atoms in total. The maximum Gasteiger partial charge on any atom is 0.233 e. The number of carbonyl (C=O) groups is 3. The van der Waals surface area contributed by atoms with Crippen LogP contribution in [0.1, 0.15) is 43.2 Å². The number of fused-ring (bicyclic) bond motifs is 2. The van der Waals surface area contributed by atoms with Gasteiger partial charge in [-0.15, -0.1) is 0 Å². The highest BCUT2D eigenvalue weighted by molar-refractivity contribution is 7.22. The number of rotatable bonds is 4.